The summed E-state index contributed by atoms with van der Waals surface area (Å²) in [6.07, 6.45) is -2.13. The molecule has 0 aliphatic heterocycles. The Bertz CT molecular complexity index is 456. The Morgan fingerprint density at radius 3 is 2.78 bits per heavy atom. The number of phenols is 1. The number of esters is 1. The van der Waals surface area contributed by atoms with Crippen LogP contribution >= 0.6 is 15.9 Å². The van der Waals surface area contributed by atoms with Crippen LogP contribution in [0.5, 0.6) is 5.75 Å². The molecule has 0 bridgehead atoms. The Morgan fingerprint density at radius 2 is 2.22 bits per heavy atom. The highest BCUT2D eigenvalue weighted by Gasteiger charge is 2.30. The van der Waals surface area contributed by atoms with E-state index >= 15 is 0 Å². The summed E-state index contributed by atoms with van der Waals surface area (Å²) in [5, 5.41) is 9.62. The predicted octanol–water partition coefficient (Wildman–Crippen LogP) is 2.19. The smallest absolute Gasteiger partial charge is 0.342 e. The lowest BCUT2D eigenvalue weighted by atomic mass is 10.0. The lowest BCUT2D eigenvalue weighted by Gasteiger charge is -2.17. The number of hydrogen-bond donors (Lipinski definition) is 2. The fourth-order valence-corrected chi connectivity index (χ4v) is 1.71. The minimum atomic E-state index is -2.13. The van der Waals surface area contributed by atoms with Crippen LogP contribution in [0.25, 0.3) is 0 Å². The second kappa shape index (κ2) is 6.10. The zero-order chi connectivity index (χ0) is 13.9. The molecule has 0 radical (unpaired) electrons. The van der Waals surface area contributed by atoms with Crippen molar-refractivity contribution >= 4 is 21.9 Å². The van der Waals surface area contributed by atoms with Gasteiger partial charge in [0, 0.05) is 5.56 Å². The summed E-state index contributed by atoms with van der Waals surface area (Å²) in [5.74, 6) is -2.37. The third-order valence-electron chi connectivity index (χ3n) is 2.29. The predicted molar refractivity (Wildman–Crippen MR) is 64.2 cm³/mol. The van der Waals surface area contributed by atoms with Gasteiger partial charge in [-0.3, -0.25) is 0 Å². The molecule has 0 heterocycles. The number of ether oxygens (including phenoxy) is 1. The van der Waals surface area contributed by atoms with Gasteiger partial charge in [0.25, 0.3) is 0 Å². The van der Waals surface area contributed by atoms with E-state index in [9.17, 15) is 18.7 Å². The number of benzene rings is 1. The van der Waals surface area contributed by atoms with E-state index in [1.807, 2.05) is 0 Å². The molecule has 2 atom stereocenters. The lowest BCUT2D eigenvalue weighted by Crippen LogP contribution is -2.31. The quantitative estimate of drug-likeness (QED) is 0.833. The van der Waals surface area contributed by atoms with Crippen LogP contribution in [-0.4, -0.2) is 23.9 Å². The normalized spacial score (nSPS) is 14.1. The monoisotopic (exact) mass is 323 g/mol. The molecule has 7 heteroatoms. The minimum absolute atomic E-state index is 0.0189. The van der Waals surface area contributed by atoms with E-state index in [-0.39, 0.29) is 16.6 Å². The summed E-state index contributed by atoms with van der Waals surface area (Å²) in [6.45, 7) is 1.55. The van der Waals surface area contributed by atoms with Gasteiger partial charge < -0.3 is 15.6 Å². The molecule has 0 spiro atoms. The summed E-state index contributed by atoms with van der Waals surface area (Å²) < 4.78 is 31.0. The second-order valence-electron chi connectivity index (χ2n) is 3.48. The van der Waals surface area contributed by atoms with E-state index < -0.39 is 29.7 Å². The van der Waals surface area contributed by atoms with Crippen molar-refractivity contribution in [2.75, 3.05) is 6.61 Å². The van der Waals surface area contributed by atoms with Crippen LogP contribution in [-0.2, 0) is 9.53 Å². The Labute approximate surface area is 111 Å². The summed E-state index contributed by atoms with van der Waals surface area (Å²) in [6, 6.07) is 0.698. The number of carbonyl (C=O) groups is 1. The third-order valence-corrected chi connectivity index (χ3v) is 3.04. The van der Waals surface area contributed by atoms with E-state index in [2.05, 4.69) is 20.7 Å². The Kier molecular flexibility index (Phi) is 5.03. The Hall–Kier alpha value is -1.21. The van der Waals surface area contributed by atoms with Gasteiger partial charge in [-0.15, -0.1) is 0 Å². The fourth-order valence-electron chi connectivity index (χ4n) is 1.35. The van der Waals surface area contributed by atoms with Crippen LogP contribution in [0.15, 0.2) is 16.6 Å². The number of hydrogen-bond acceptors (Lipinski definition) is 4. The first kappa shape index (κ1) is 14.8. The van der Waals surface area contributed by atoms with Crippen molar-refractivity contribution in [3.8, 4) is 5.75 Å². The third kappa shape index (κ3) is 2.97. The molecule has 0 aromatic heterocycles. The molecule has 0 amide bonds. The van der Waals surface area contributed by atoms with Crippen LogP contribution in [0.2, 0.25) is 0 Å². The number of halogens is 3. The maximum Gasteiger partial charge on any atom is 0.342 e. The first-order valence-electron chi connectivity index (χ1n) is 5.13. The van der Waals surface area contributed by atoms with Gasteiger partial charge in [-0.1, -0.05) is 6.07 Å². The Balaban J connectivity index is 3.00. The highest BCUT2D eigenvalue weighted by atomic mass is 79.9. The SMILES string of the molecule is CCOC(=O)C(F)[C@H](N)c1ccc(F)c(Br)c1O. The molecule has 1 unspecified atom stereocenters. The average molecular weight is 324 g/mol. The zero-order valence-corrected chi connectivity index (χ0v) is 11.1. The highest BCUT2D eigenvalue weighted by Crippen LogP contribution is 2.34. The van der Waals surface area contributed by atoms with Gasteiger partial charge >= 0.3 is 5.97 Å². The van der Waals surface area contributed by atoms with E-state index in [1.54, 1.807) is 0 Å². The number of phenolic OH excluding ortho intramolecular Hbond substituents is 1. The topological polar surface area (TPSA) is 72.5 Å². The zero-order valence-electron chi connectivity index (χ0n) is 9.49. The molecule has 1 aromatic rings. The molecule has 3 N–H and O–H groups in total. The van der Waals surface area contributed by atoms with Crippen molar-refractivity contribution in [1.29, 1.82) is 0 Å². The van der Waals surface area contributed by atoms with E-state index in [4.69, 9.17) is 5.73 Å². The van der Waals surface area contributed by atoms with Crippen LogP contribution < -0.4 is 5.73 Å². The van der Waals surface area contributed by atoms with Crippen LogP contribution in [0, 0.1) is 5.82 Å². The van der Waals surface area contributed by atoms with E-state index in [0.717, 1.165) is 12.1 Å². The molecule has 0 saturated heterocycles. The largest absolute Gasteiger partial charge is 0.506 e. The summed E-state index contributed by atoms with van der Waals surface area (Å²) in [7, 11) is 0. The molecule has 18 heavy (non-hydrogen) atoms. The van der Waals surface area contributed by atoms with Crippen molar-refractivity contribution < 1.29 is 23.4 Å². The minimum Gasteiger partial charge on any atom is -0.506 e. The molecular weight excluding hydrogens is 312 g/mol. The number of rotatable bonds is 4. The number of nitrogens with two attached hydrogens (primary N) is 1. The van der Waals surface area contributed by atoms with Crippen molar-refractivity contribution in [2.24, 2.45) is 5.73 Å². The van der Waals surface area contributed by atoms with Crippen LogP contribution in [0.3, 0.4) is 0 Å². The van der Waals surface area contributed by atoms with Gasteiger partial charge in [0.15, 0.2) is 0 Å². The first-order chi connectivity index (χ1) is 8.40. The average Bonchev–Trinajstić information content (AvgIpc) is 2.35. The molecule has 0 aliphatic carbocycles. The van der Waals surface area contributed by atoms with E-state index in [1.165, 1.54) is 6.92 Å². The van der Waals surface area contributed by atoms with Crippen molar-refractivity contribution in [3.05, 3.63) is 28.0 Å². The van der Waals surface area contributed by atoms with Crippen molar-refractivity contribution in [2.45, 2.75) is 19.1 Å². The molecular formula is C11H12BrF2NO3. The second-order valence-corrected chi connectivity index (χ2v) is 4.27. The Morgan fingerprint density at radius 1 is 1.61 bits per heavy atom. The van der Waals surface area contributed by atoms with Gasteiger partial charge in [0.05, 0.1) is 17.1 Å². The lowest BCUT2D eigenvalue weighted by molar-refractivity contribution is -0.149. The summed E-state index contributed by atoms with van der Waals surface area (Å²) in [4.78, 5) is 11.2. The maximum atomic E-state index is 13.7. The molecule has 1 rings (SSSR count). The van der Waals surface area contributed by atoms with Crippen LogP contribution in [0.1, 0.15) is 18.5 Å². The summed E-state index contributed by atoms with van der Waals surface area (Å²) in [5.41, 5.74) is 5.43. The van der Waals surface area contributed by atoms with Gasteiger partial charge in [-0.2, -0.15) is 0 Å². The summed E-state index contributed by atoms with van der Waals surface area (Å²) >= 11 is 2.80. The molecule has 0 aliphatic rings. The fraction of sp³-hybridized carbons (Fsp3) is 0.364. The van der Waals surface area contributed by atoms with Crippen LogP contribution in [0.4, 0.5) is 8.78 Å². The standard InChI is InChI=1S/C11H12BrF2NO3/c1-2-18-11(17)8(14)9(15)5-3-4-6(13)7(12)10(5)16/h3-4,8-9,16H,2,15H2,1H3/t8?,9-/m1/s1. The number of carbonyl (C=O) groups excluding carboxylic acids is 1. The molecule has 0 fully saturated rings. The molecule has 4 nitrogen and oxygen atoms in total. The molecule has 1 aromatic carbocycles. The molecule has 0 saturated carbocycles. The van der Waals surface area contributed by atoms with Gasteiger partial charge in [-0.05, 0) is 28.9 Å². The number of aromatic hydroxyl groups is 1. The molecule has 100 valence electrons. The van der Waals surface area contributed by atoms with Gasteiger partial charge in [-0.25, -0.2) is 13.6 Å². The van der Waals surface area contributed by atoms with Gasteiger partial charge in [0.1, 0.15) is 11.6 Å². The van der Waals surface area contributed by atoms with Crippen molar-refractivity contribution in [1.82, 2.24) is 0 Å². The first-order valence-corrected chi connectivity index (χ1v) is 5.92. The highest BCUT2D eigenvalue weighted by molar-refractivity contribution is 9.10. The van der Waals surface area contributed by atoms with E-state index in [0.29, 0.717) is 0 Å². The van der Waals surface area contributed by atoms with Gasteiger partial charge in [0.2, 0.25) is 6.17 Å². The number of alkyl halides is 1. The maximum absolute atomic E-state index is 13.7. The van der Waals surface area contributed by atoms with Crippen molar-refractivity contribution in [3.63, 3.8) is 0 Å².